The molecule has 0 bridgehead atoms. The van der Waals surface area contributed by atoms with Crippen LogP contribution in [-0.4, -0.2) is 27.3 Å². The molecule has 0 spiro atoms. The summed E-state index contributed by atoms with van der Waals surface area (Å²) in [5, 5.41) is 4.04. The number of nitrogens with one attached hydrogen (secondary N) is 1. The van der Waals surface area contributed by atoms with Crippen molar-refractivity contribution in [3.8, 4) is 11.5 Å². The molecule has 25 heavy (non-hydrogen) atoms. The molecule has 0 amide bonds. The number of ether oxygens (including phenoxy) is 2. The number of nitrogens with zero attached hydrogens (tertiary/aromatic N) is 1. The first-order valence-corrected chi connectivity index (χ1v) is 9.38. The Morgan fingerprint density at radius 1 is 1.04 bits per heavy atom. The van der Waals surface area contributed by atoms with Crippen LogP contribution in [0.15, 0.2) is 46.4 Å². The van der Waals surface area contributed by atoms with Gasteiger partial charge in [-0.2, -0.15) is 18.4 Å². The number of hydrazone groups is 1. The lowest BCUT2D eigenvalue weighted by Gasteiger charge is -2.18. The average Bonchev–Trinajstić information content (AvgIpc) is 2.61. The van der Waals surface area contributed by atoms with Crippen LogP contribution in [0, 0.1) is 13.8 Å². The Balaban J connectivity index is 1.84. The van der Waals surface area contributed by atoms with Crippen molar-refractivity contribution in [3.63, 3.8) is 0 Å². The standard InChI is InChI=1S/C18H20N2O4S/c1-12-4-5-13(2)18(10-12)25(21,22)20-19-14(3)15-6-7-16-17(11-15)24-9-8-23-16/h4-7,10-11,20H,8-9H2,1-3H3. The summed E-state index contributed by atoms with van der Waals surface area (Å²) in [5.74, 6) is 1.31. The Labute approximate surface area is 147 Å². The summed E-state index contributed by atoms with van der Waals surface area (Å²) in [7, 11) is -3.73. The summed E-state index contributed by atoms with van der Waals surface area (Å²) in [6, 6.07) is 10.7. The van der Waals surface area contributed by atoms with E-state index in [9.17, 15) is 8.42 Å². The zero-order chi connectivity index (χ0) is 18.0. The Morgan fingerprint density at radius 3 is 2.52 bits per heavy atom. The molecule has 6 nitrogen and oxygen atoms in total. The van der Waals surface area contributed by atoms with Gasteiger partial charge in [0.05, 0.1) is 10.6 Å². The normalized spacial score (nSPS) is 14.3. The fourth-order valence-corrected chi connectivity index (χ4v) is 3.70. The van der Waals surface area contributed by atoms with Gasteiger partial charge in [-0.25, -0.2) is 0 Å². The van der Waals surface area contributed by atoms with Gasteiger partial charge in [-0.3, -0.25) is 0 Å². The minimum absolute atomic E-state index is 0.228. The van der Waals surface area contributed by atoms with Crippen molar-refractivity contribution >= 4 is 15.7 Å². The molecular weight excluding hydrogens is 340 g/mol. The van der Waals surface area contributed by atoms with Crippen LogP contribution in [-0.2, 0) is 10.0 Å². The summed E-state index contributed by atoms with van der Waals surface area (Å²) in [6.07, 6.45) is 0. The third kappa shape index (κ3) is 3.76. The van der Waals surface area contributed by atoms with Crippen LogP contribution in [0.4, 0.5) is 0 Å². The van der Waals surface area contributed by atoms with Gasteiger partial charge in [0.15, 0.2) is 11.5 Å². The molecule has 2 aromatic carbocycles. The van der Waals surface area contributed by atoms with Gasteiger partial charge in [-0.15, -0.1) is 0 Å². The Kier molecular flexibility index (Phi) is 4.67. The largest absolute Gasteiger partial charge is 0.486 e. The molecule has 132 valence electrons. The van der Waals surface area contributed by atoms with Crippen molar-refractivity contribution in [2.24, 2.45) is 5.10 Å². The van der Waals surface area contributed by atoms with E-state index in [1.807, 2.05) is 19.1 Å². The lowest BCUT2D eigenvalue weighted by Crippen LogP contribution is -2.21. The Bertz CT molecular complexity index is 936. The van der Waals surface area contributed by atoms with Crippen molar-refractivity contribution < 1.29 is 17.9 Å². The molecule has 1 aliphatic rings. The second-order valence-corrected chi connectivity index (χ2v) is 7.55. The highest BCUT2D eigenvalue weighted by Gasteiger charge is 2.17. The number of hydrogen-bond donors (Lipinski definition) is 1. The summed E-state index contributed by atoms with van der Waals surface area (Å²) < 4.78 is 36.0. The van der Waals surface area contributed by atoms with Crippen LogP contribution in [0.3, 0.4) is 0 Å². The van der Waals surface area contributed by atoms with E-state index in [4.69, 9.17) is 9.47 Å². The van der Waals surface area contributed by atoms with Gasteiger partial charge in [0, 0.05) is 5.56 Å². The summed E-state index contributed by atoms with van der Waals surface area (Å²) >= 11 is 0. The third-order valence-corrected chi connectivity index (χ3v) is 5.28. The molecule has 0 saturated carbocycles. The van der Waals surface area contributed by atoms with Gasteiger partial charge in [0.25, 0.3) is 10.0 Å². The van der Waals surface area contributed by atoms with Crippen LogP contribution in [0.1, 0.15) is 23.6 Å². The van der Waals surface area contributed by atoms with Crippen LogP contribution >= 0.6 is 0 Å². The monoisotopic (exact) mass is 360 g/mol. The minimum atomic E-state index is -3.73. The van der Waals surface area contributed by atoms with E-state index >= 15 is 0 Å². The molecule has 2 aromatic rings. The lowest BCUT2D eigenvalue weighted by molar-refractivity contribution is 0.171. The van der Waals surface area contributed by atoms with Crippen molar-refractivity contribution in [1.82, 2.24) is 4.83 Å². The van der Waals surface area contributed by atoms with Crippen molar-refractivity contribution in [1.29, 1.82) is 0 Å². The van der Waals surface area contributed by atoms with Crippen LogP contribution in [0.5, 0.6) is 11.5 Å². The van der Waals surface area contributed by atoms with E-state index in [1.165, 1.54) is 0 Å². The third-order valence-electron chi connectivity index (χ3n) is 3.93. The van der Waals surface area contributed by atoms with E-state index in [1.54, 1.807) is 38.1 Å². The first-order valence-electron chi connectivity index (χ1n) is 7.90. The molecule has 1 N–H and O–H groups in total. The Morgan fingerprint density at radius 2 is 1.76 bits per heavy atom. The topological polar surface area (TPSA) is 77.0 Å². The number of aryl methyl sites for hydroxylation is 2. The number of hydrogen-bond acceptors (Lipinski definition) is 5. The number of rotatable bonds is 4. The van der Waals surface area contributed by atoms with Gasteiger partial charge in [-0.05, 0) is 56.2 Å². The van der Waals surface area contributed by atoms with Crippen molar-refractivity contribution in [2.45, 2.75) is 25.7 Å². The second kappa shape index (κ2) is 6.76. The SMILES string of the molecule is CC(=NNS(=O)(=O)c1cc(C)ccc1C)c1ccc2c(c1)OCCO2. The van der Waals surface area contributed by atoms with Gasteiger partial charge in [-0.1, -0.05) is 12.1 Å². The molecule has 3 rings (SSSR count). The number of sulfonamides is 1. The summed E-state index contributed by atoms with van der Waals surface area (Å²) in [4.78, 5) is 2.54. The van der Waals surface area contributed by atoms with Gasteiger partial charge in [0.1, 0.15) is 13.2 Å². The van der Waals surface area contributed by atoms with Gasteiger partial charge in [0.2, 0.25) is 0 Å². The molecule has 0 atom stereocenters. The van der Waals surface area contributed by atoms with E-state index in [0.717, 1.165) is 11.1 Å². The molecule has 1 heterocycles. The second-order valence-electron chi connectivity index (χ2n) is 5.92. The molecule has 0 fully saturated rings. The average molecular weight is 360 g/mol. The van der Waals surface area contributed by atoms with E-state index in [2.05, 4.69) is 9.93 Å². The van der Waals surface area contributed by atoms with E-state index in [0.29, 0.717) is 36.0 Å². The maximum Gasteiger partial charge on any atom is 0.276 e. The summed E-state index contributed by atoms with van der Waals surface area (Å²) in [5.41, 5.74) is 2.84. The lowest BCUT2D eigenvalue weighted by atomic mass is 10.1. The van der Waals surface area contributed by atoms with Crippen LogP contribution < -0.4 is 14.3 Å². The molecule has 0 aliphatic carbocycles. The molecule has 0 unspecified atom stereocenters. The predicted molar refractivity (Wildman–Crippen MR) is 95.9 cm³/mol. The molecular formula is C18H20N2O4S. The highest BCUT2D eigenvalue weighted by Crippen LogP contribution is 2.30. The smallest absolute Gasteiger partial charge is 0.276 e. The molecule has 7 heteroatoms. The molecule has 0 saturated heterocycles. The van der Waals surface area contributed by atoms with Crippen LogP contribution in [0.2, 0.25) is 0 Å². The highest BCUT2D eigenvalue weighted by molar-refractivity contribution is 7.89. The zero-order valence-corrected chi connectivity index (χ0v) is 15.2. The first-order chi connectivity index (χ1) is 11.9. The minimum Gasteiger partial charge on any atom is -0.486 e. The first kappa shape index (κ1) is 17.3. The van der Waals surface area contributed by atoms with Gasteiger partial charge >= 0.3 is 0 Å². The molecule has 0 radical (unpaired) electrons. The summed E-state index contributed by atoms with van der Waals surface area (Å²) in [6.45, 7) is 6.35. The van der Waals surface area contributed by atoms with Crippen LogP contribution in [0.25, 0.3) is 0 Å². The van der Waals surface area contributed by atoms with Gasteiger partial charge < -0.3 is 9.47 Å². The maximum atomic E-state index is 12.5. The zero-order valence-electron chi connectivity index (χ0n) is 14.4. The number of benzene rings is 2. The van der Waals surface area contributed by atoms with Crippen molar-refractivity contribution in [2.75, 3.05) is 13.2 Å². The highest BCUT2D eigenvalue weighted by atomic mass is 32.2. The Hall–Kier alpha value is -2.54. The van der Waals surface area contributed by atoms with E-state index < -0.39 is 10.0 Å². The fourth-order valence-electron chi connectivity index (χ4n) is 2.51. The number of fused-ring (bicyclic) bond motifs is 1. The van der Waals surface area contributed by atoms with Crippen molar-refractivity contribution in [3.05, 3.63) is 53.1 Å². The fraction of sp³-hybridized carbons (Fsp3) is 0.278. The quantitative estimate of drug-likeness (QED) is 0.672. The molecule has 0 aromatic heterocycles. The maximum absolute atomic E-state index is 12.5. The van der Waals surface area contributed by atoms with E-state index in [-0.39, 0.29) is 4.90 Å². The predicted octanol–water partition coefficient (Wildman–Crippen LogP) is 2.78. The molecule has 1 aliphatic heterocycles.